The fourth-order valence-corrected chi connectivity index (χ4v) is 4.47. The topological polar surface area (TPSA) is 122 Å². The van der Waals surface area contributed by atoms with E-state index < -0.39 is 22.8 Å². The first kappa shape index (κ1) is 25.6. The number of anilines is 1. The summed E-state index contributed by atoms with van der Waals surface area (Å²) in [6.07, 6.45) is 1.10. The maximum atomic E-state index is 13.5. The minimum absolute atomic E-state index is 0.330. The molecule has 188 valence electrons. The second kappa shape index (κ2) is 8.96. The molecular weight excluding hydrogens is 436 g/mol. The molecule has 2 amide bonds. The van der Waals surface area contributed by atoms with Crippen LogP contribution in [0.1, 0.15) is 71.2 Å². The van der Waals surface area contributed by atoms with E-state index in [4.69, 9.17) is 20.2 Å². The van der Waals surface area contributed by atoms with E-state index in [0.29, 0.717) is 49.7 Å². The lowest BCUT2D eigenvalue weighted by atomic mass is 9.84. The van der Waals surface area contributed by atoms with Crippen LogP contribution in [0.3, 0.4) is 0 Å². The van der Waals surface area contributed by atoms with Crippen molar-refractivity contribution in [1.29, 1.82) is 0 Å². The molecule has 0 bridgehead atoms. The molecule has 2 aliphatic rings. The highest BCUT2D eigenvalue weighted by Gasteiger charge is 2.52. The predicted molar refractivity (Wildman–Crippen MR) is 131 cm³/mol. The monoisotopic (exact) mass is 474 g/mol. The Morgan fingerprint density at radius 2 is 1.74 bits per heavy atom. The van der Waals surface area contributed by atoms with Crippen LogP contribution in [0, 0.1) is 6.92 Å². The molecule has 0 radical (unpaired) electrons. The van der Waals surface area contributed by atoms with Gasteiger partial charge in [-0.2, -0.15) is 5.10 Å². The van der Waals surface area contributed by atoms with Gasteiger partial charge in [-0.05, 0) is 79.4 Å². The maximum absolute atomic E-state index is 13.5. The number of nitrogens with zero attached hydrogens (tertiary/aromatic N) is 4. The second-order valence-electron chi connectivity index (χ2n) is 11.0. The lowest BCUT2D eigenvalue weighted by molar-refractivity contribution is 0.0272. The summed E-state index contributed by atoms with van der Waals surface area (Å²) in [5.74, 6) is 0.876. The molecule has 1 spiro atoms. The van der Waals surface area contributed by atoms with Crippen LogP contribution in [-0.4, -0.2) is 64.8 Å². The van der Waals surface area contributed by atoms with Crippen molar-refractivity contribution in [3.05, 3.63) is 22.9 Å². The van der Waals surface area contributed by atoms with Crippen molar-refractivity contribution in [3.63, 3.8) is 0 Å². The molecule has 10 heteroatoms. The Kier molecular flexibility index (Phi) is 6.74. The Morgan fingerprint density at radius 1 is 1.12 bits per heavy atom. The van der Waals surface area contributed by atoms with Gasteiger partial charge in [0, 0.05) is 25.7 Å². The number of hydrogen-bond acceptors (Lipinski definition) is 7. The minimum atomic E-state index is -0.682. The molecule has 3 heterocycles. The number of hydrazone groups is 1. The van der Waals surface area contributed by atoms with Crippen molar-refractivity contribution < 1.29 is 19.1 Å². The van der Waals surface area contributed by atoms with E-state index in [0.717, 1.165) is 11.1 Å². The summed E-state index contributed by atoms with van der Waals surface area (Å²) in [5, 5.41) is 4.08. The zero-order valence-corrected chi connectivity index (χ0v) is 21.6. The number of aryl methyl sites for hydroxylation is 2. The summed E-state index contributed by atoms with van der Waals surface area (Å²) in [6, 6.07) is 1.94. The number of likely N-dealkylation sites (tertiary alicyclic amines) is 1. The maximum Gasteiger partial charge on any atom is 0.416 e. The lowest BCUT2D eigenvalue weighted by Crippen LogP contribution is -2.58. The summed E-state index contributed by atoms with van der Waals surface area (Å²) in [5.41, 5.74) is 9.18. The van der Waals surface area contributed by atoms with E-state index in [9.17, 15) is 9.59 Å². The number of nitrogens with two attached hydrogens (primary N) is 1. The molecule has 1 fully saturated rings. The zero-order valence-electron chi connectivity index (χ0n) is 21.6. The number of nitrogens with one attached hydrogen (secondary N) is 1. The summed E-state index contributed by atoms with van der Waals surface area (Å²) >= 11 is 0. The lowest BCUT2D eigenvalue weighted by Gasteiger charge is -2.44. The molecule has 1 unspecified atom stereocenters. The number of carbonyl (C=O) groups excluding carboxylic acids is 2. The molecular formula is C24H38N6O4. The van der Waals surface area contributed by atoms with Crippen molar-refractivity contribution >= 4 is 23.8 Å². The molecule has 0 saturated carbocycles. The number of amidine groups is 1. The standard InChI is InChI=1S/C24H38N6O4/c1-15-17(18(25)28-26-8)13-16-9-10-24(11-12-29(14-24)20(31)33-22(2,3)4)30(19(16)27-15)21(32)34-23(5,6)7/h13,26H,9-12,14H2,1-8H3,(H2,25,28). The molecule has 3 N–H and O–H groups in total. The molecule has 1 atom stereocenters. The number of fused-ring (bicyclic) bond motifs is 1. The molecule has 0 aliphatic carbocycles. The number of hydrogen-bond donors (Lipinski definition) is 2. The molecule has 0 aromatic carbocycles. The average Bonchev–Trinajstić information content (AvgIpc) is 3.09. The van der Waals surface area contributed by atoms with Gasteiger partial charge in [-0.25, -0.2) is 14.6 Å². The van der Waals surface area contributed by atoms with Gasteiger partial charge >= 0.3 is 12.2 Å². The van der Waals surface area contributed by atoms with Crippen molar-refractivity contribution in [3.8, 4) is 0 Å². The molecule has 10 nitrogen and oxygen atoms in total. The van der Waals surface area contributed by atoms with E-state index in [2.05, 4.69) is 10.5 Å². The molecule has 34 heavy (non-hydrogen) atoms. The third kappa shape index (κ3) is 5.37. The fraction of sp³-hybridized carbons (Fsp3) is 0.667. The van der Waals surface area contributed by atoms with Crippen LogP contribution in [0.4, 0.5) is 15.4 Å². The first-order valence-electron chi connectivity index (χ1n) is 11.7. The zero-order chi connectivity index (χ0) is 25.5. The van der Waals surface area contributed by atoms with Gasteiger partial charge in [-0.1, -0.05) is 0 Å². The Morgan fingerprint density at radius 3 is 2.32 bits per heavy atom. The Balaban J connectivity index is 2.03. The Labute approximate surface area is 201 Å². The highest BCUT2D eigenvalue weighted by molar-refractivity contribution is 5.99. The van der Waals surface area contributed by atoms with Gasteiger partial charge in [0.15, 0.2) is 5.84 Å². The van der Waals surface area contributed by atoms with Crippen molar-refractivity contribution in [2.45, 2.75) is 84.5 Å². The van der Waals surface area contributed by atoms with E-state index >= 15 is 0 Å². The average molecular weight is 475 g/mol. The van der Waals surface area contributed by atoms with E-state index in [1.165, 1.54) is 0 Å². The minimum Gasteiger partial charge on any atom is -0.444 e. The van der Waals surface area contributed by atoms with Crippen molar-refractivity contribution in [1.82, 2.24) is 15.3 Å². The van der Waals surface area contributed by atoms with Gasteiger partial charge in [-0.3, -0.25) is 4.90 Å². The predicted octanol–water partition coefficient (Wildman–Crippen LogP) is 3.30. The fourth-order valence-electron chi connectivity index (χ4n) is 4.47. The number of carbonyl (C=O) groups is 2. The summed E-state index contributed by atoms with van der Waals surface area (Å²) in [4.78, 5) is 34.5. The van der Waals surface area contributed by atoms with Gasteiger partial charge in [0.1, 0.15) is 17.0 Å². The van der Waals surface area contributed by atoms with E-state index in [1.54, 1.807) is 16.8 Å². The van der Waals surface area contributed by atoms with Gasteiger partial charge in [-0.15, -0.1) is 0 Å². The van der Waals surface area contributed by atoms with Crippen LogP contribution in [-0.2, 0) is 15.9 Å². The number of rotatable bonds is 2. The summed E-state index contributed by atoms with van der Waals surface area (Å²) in [6.45, 7) is 13.7. The van der Waals surface area contributed by atoms with Gasteiger partial charge in [0.25, 0.3) is 0 Å². The normalized spacial score (nSPS) is 20.9. The molecule has 3 rings (SSSR count). The first-order valence-corrected chi connectivity index (χ1v) is 11.7. The highest BCUT2D eigenvalue weighted by atomic mass is 16.6. The number of ether oxygens (including phenoxy) is 2. The highest BCUT2D eigenvalue weighted by Crippen LogP contribution is 2.43. The van der Waals surface area contributed by atoms with E-state index in [1.807, 2.05) is 54.5 Å². The Hall–Kier alpha value is -3.04. The van der Waals surface area contributed by atoms with Crippen LogP contribution in [0.2, 0.25) is 0 Å². The van der Waals surface area contributed by atoms with Crippen LogP contribution < -0.4 is 16.1 Å². The van der Waals surface area contributed by atoms with E-state index in [-0.39, 0.29) is 6.09 Å². The molecule has 1 aromatic heterocycles. The van der Waals surface area contributed by atoms with Crippen LogP contribution in [0.5, 0.6) is 0 Å². The number of pyridine rings is 1. The van der Waals surface area contributed by atoms with Gasteiger partial charge in [0.2, 0.25) is 0 Å². The SMILES string of the molecule is CN/N=C(\N)c1cc2c(nc1C)N(C(=O)OC(C)(C)C)C1(CC2)CCN(C(=O)OC(C)(C)C)C1. The quantitative estimate of drug-likeness (QED) is 0.383. The smallest absolute Gasteiger partial charge is 0.416 e. The molecule has 1 saturated heterocycles. The van der Waals surface area contributed by atoms with Gasteiger partial charge in [0.05, 0.1) is 11.2 Å². The van der Waals surface area contributed by atoms with Crippen molar-refractivity contribution in [2.24, 2.45) is 10.8 Å². The van der Waals surface area contributed by atoms with Crippen LogP contribution in [0.25, 0.3) is 0 Å². The third-order valence-corrected chi connectivity index (χ3v) is 5.88. The van der Waals surface area contributed by atoms with Crippen LogP contribution >= 0.6 is 0 Å². The number of aromatic nitrogens is 1. The molecule has 2 aliphatic heterocycles. The largest absolute Gasteiger partial charge is 0.444 e. The van der Waals surface area contributed by atoms with Crippen molar-refractivity contribution in [2.75, 3.05) is 25.0 Å². The van der Waals surface area contributed by atoms with Gasteiger partial charge < -0.3 is 25.5 Å². The molecule has 1 aromatic rings. The summed E-state index contributed by atoms with van der Waals surface area (Å²) in [7, 11) is 1.68. The Bertz CT molecular complexity index is 994. The number of amides is 2. The summed E-state index contributed by atoms with van der Waals surface area (Å²) < 4.78 is 11.4. The van der Waals surface area contributed by atoms with Crippen LogP contribution in [0.15, 0.2) is 11.2 Å². The second-order valence-corrected chi connectivity index (χ2v) is 11.0. The first-order chi connectivity index (χ1) is 15.7. The third-order valence-electron chi connectivity index (χ3n) is 5.88.